The van der Waals surface area contributed by atoms with Gasteiger partial charge in [0.15, 0.2) is 11.5 Å². The first-order valence-corrected chi connectivity index (χ1v) is 10.8. The van der Waals surface area contributed by atoms with E-state index in [0.29, 0.717) is 40.1 Å². The largest absolute Gasteiger partial charge is 0.493 e. The molecule has 0 saturated heterocycles. The Morgan fingerprint density at radius 3 is 2.35 bits per heavy atom. The highest BCUT2D eigenvalue weighted by molar-refractivity contribution is 6.31. The van der Waals surface area contributed by atoms with Crippen LogP contribution in [0.4, 0.5) is 16.2 Å². The summed E-state index contributed by atoms with van der Waals surface area (Å²) in [6, 6.07) is 19.0. The number of halogens is 1. The van der Waals surface area contributed by atoms with Crippen LogP contribution in [-0.2, 0) is 16.1 Å². The zero-order valence-electron chi connectivity index (χ0n) is 18.8. The number of nitrogens with one attached hydrogen (secondary N) is 2. The van der Waals surface area contributed by atoms with Crippen molar-refractivity contribution in [3.63, 3.8) is 0 Å². The molecular weight excluding hydrogens is 460 g/mol. The first-order valence-electron chi connectivity index (χ1n) is 10.4. The van der Waals surface area contributed by atoms with Crippen LogP contribution in [-0.4, -0.2) is 39.4 Å². The van der Waals surface area contributed by atoms with Crippen molar-refractivity contribution < 1.29 is 28.5 Å². The number of methoxy groups -OCH3 is 2. The first-order chi connectivity index (χ1) is 16.5. The lowest BCUT2D eigenvalue weighted by molar-refractivity contribution is 0.102. The van der Waals surface area contributed by atoms with E-state index < -0.39 is 6.09 Å². The average molecular weight is 485 g/mol. The number of hydrogen-bond acceptors (Lipinski definition) is 6. The van der Waals surface area contributed by atoms with E-state index in [1.54, 1.807) is 48.5 Å². The maximum Gasteiger partial charge on any atom is 0.411 e. The molecule has 0 atom stereocenters. The van der Waals surface area contributed by atoms with E-state index in [1.807, 2.05) is 18.2 Å². The van der Waals surface area contributed by atoms with E-state index in [-0.39, 0.29) is 19.1 Å². The lowest BCUT2D eigenvalue weighted by atomic mass is 10.1. The fraction of sp³-hybridized carbons (Fsp3) is 0.200. The smallest absolute Gasteiger partial charge is 0.411 e. The maximum atomic E-state index is 12.8. The molecule has 0 heterocycles. The average Bonchev–Trinajstić information content (AvgIpc) is 2.84. The van der Waals surface area contributed by atoms with Crippen molar-refractivity contribution in [1.29, 1.82) is 0 Å². The van der Waals surface area contributed by atoms with E-state index in [0.717, 1.165) is 5.56 Å². The molecule has 0 aliphatic rings. The van der Waals surface area contributed by atoms with Gasteiger partial charge in [-0.15, -0.1) is 0 Å². The molecule has 3 aromatic rings. The third kappa shape index (κ3) is 7.13. The summed E-state index contributed by atoms with van der Waals surface area (Å²) in [4.78, 5) is 24.6. The highest BCUT2D eigenvalue weighted by Gasteiger charge is 2.13. The molecular formula is C25H25ClN2O6. The van der Waals surface area contributed by atoms with Crippen LogP contribution in [0.5, 0.6) is 11.5 Å². The second kappa shape index (κ2) is 12.5. The quantitative estimate of drug-likeness (QED) is 0.375. The predicted octanol–water partition coefficient (Wildman–Crippen LogP) is 5.37. The minimum Gasteiger partial charge on any atom is -0.493 e. The van der Waals surface area contributed by atoms with Crippen LogP contribution in [0.25, 0.3) is 0 Å². The van der Waals surface area contributed by atoms with Gasteiger partial charge in [-0.3, -0.25) is 10.1 Å². The second-order valence-corrected chi connectivity index (χ2v) is 7.44. The molecule has 0 spiro atoms. The molecule has 0 aromatic heterocycles. The molecule has 0 fully saturated rings. The summed E-state index contributed by atoms with van der Waals surface area (Å²) in [7, 11) is 3.02. The highest BCUT2D eigenvalue weighted by Crippen LogP contribution is 2.30. The zero-order chi connectivity index (χ0) is 24.3. The van der Waals surface area contributed by atoms with Gasteiger partial charge in [0.25, 0.3) is 5.91 Å². The predicted molar refractivity (Wildman–Crippen MR) is 130 cm³/mol. The summed E-state index contributed by atoms with van der Waals surface area (Å²) >= 11 is 6.18. The SMILES string of the molecule is COCCOC(=O)Nc1cccc(NC(=O)c2ccc(OCc3ccccc3Cl)c(OC)c2)c1. The number of anilines is 2. The Hall–Kier alpha value is -3.75. The Balaban J connectivity index is 1.63. The van der Waals surface area contributed by atoms with Crippen LogP contribution in [0.1, 0.15) is 15.9 Å². The van der Waals surface area contributed by atoms with Gasteiger partial charge in [-0.1, -0.05) is 35.9 Å². The Morgan fingerprint density at radius 1 is 0.853 bits per heavy atom. The molecule has 9 heteroatoms. The Bertz CT molecular complexity index is 1140. The van der Waals surface area contributed by atoms with Crippen molar-refractivity contribution in [3.05, 3.63) is 82.9 Å². The zero-order valence-corrected chi connectivity index (χ0v) is 19.6. The van der Waals surface area contributed by atoms with Gasteiger partial charge in [0, 0.05) is 34.6 Å². The summed E-state index contributed by atoms with van der Waals surface area (Å²) in [5, 5.41) is 6.00. The second-order valence-electron chi connectivity index (χ2n) is 7.03. The van der Waals surface area contributed by atoms with E-state index in [2.05, 4.69) is 10.6 Å². The van der Waals surface area contributed by atoms with Crippen LogP contribution in [0.3, 0.4) is 0 Å². The molecule has 3 rings (SSSR count). The molecule has 0 radical (unpaired) electrons. The topological polar surface area (TPSA) is 95.1 Å². The summed E-state index contributed by atoms with van der Waals surface area (Å²) in [5.41, 5.74) is 2.18. The van der Waals surface area contributed by atoms with Crippen molar-refractivity contribution in [2.75, 3.05) is 38.1 Å². The normalized spacial score (nSPS) is 10.3. The fourth-order valence-electron chi connectivity index (χ4n) is 2.95. The number of benzene rings is 3. The molecule has 0 unspecified atom stereocenters. The summed E-state index contributed by atoms with van der Waals surface area (Å²) in [6.45, 7) is 0.699. The minimum absolute atomic E-state index is 0.138. The lowest BCUT2D eigenvalue weighted by Crippen LogP contribution is -2.17. The highest BCUT2D eigenvalue weighted by atomic mass is 35.5. The van der Waals surface area contributed by atoms with E-state index in [9.17, 15) is 9.59 Å². The lowest BCUT2D eigenvalue weighted by Gasteiger charge is -2.13. The Labute approximate surface area is 202 Å². The third-order valence-electron chi connectivity index (χ3n) is 4.65. The number of carbonyl (C=O) groups excluding carboxylic acids is 2. The summed E-state index contributed by atoms with van der Waals surface area (Å²) in [5.74, 6) is 0.543. The van der Waals surface area contributed by atoms with Gasteiger partial charge in [-0.25, -0.2) is 4.79 Å². The van der Waals surface area contributed by atoms with Gasteiger partial charge >= 0.3 is 6.09 Å². The molecule has 0 bridgehead atoms. The van der Waals surface area contributed by atoms with E-state index >= 15 is 0 Å². The molecule has 0 aliphatic heterocycles. The van der Waals surface area contributed by atoms with Gasteiger partial charge in [0.05, 0.1) is 13.7 Å². The van der Waals surface area contributed by atoms with Crippen molar-refractivity contribution in [3.8, 4) is 11.5 Å². The van der Waals surface area contributed by atoms with E-state index in [4.69, 9.17) is 30.5 Å². The van der Waals surface area contributed by atoms with Gasteiger partial charge in [0.2, 0.25) is 0 Å². The van der Waals surface area contributed by atoms with Crippen molar-refractivity contribution in [2.24, 2.45) is 0 Å². The Morgan fingerprint density at radius 2 is 1.62 bits per heavy atom. The molecule has 2 N–H and O–H groups in total. The van der Waals surface area contributed by atoms with Gasteiger partial charge in [-0.05, 0) is 42.5 Å². The summed E-state index contributed by atoms with van der Waals surface area (Å²) in [6.07, 6.45) is -0.613. The molecule has 178 valence electrons. The molecule has 8 nitrogen and oxygen atoms in total. The molecule has 2 amide bonds. The molecule has 0 aliphatic carbocycles. The van der Waals surface area contributed by atoms with Crippen molar-refractivity contribution in [2.45, 2.75) is 6.61 Å². The third-order valence-corrected chi connectivity index (χ3v) is 5.02. The fourth-order valence-corrected chi connectivity index (χ4v) is 3.14. The van der Waals surface area contributed by atoms with Crippen LogP contribution >= 0.6 is 11.6 Å². The first kappa shape index (κ1) is 24.9. The van der Waals surface area contributed by atoms with E-state index in [1.165, 1.54) is 14.2 Å². The van der Waals surface area contributed by atoms with Crippen molar-refractivity contribution in [1.82, 2.24) is 0 Å². The molecule has 0 saturated carbocycles. The van der Waals surface area contributed by atoms with Crippen molar-refractivity contribution >= 4 is 35.0 Å². The molecule has 34 heavy (non-hydrogen) atoms. The van der Waals surface area contributed by atoms with Crippen LogP contribution in [0.15, 0.2) is 66.7 Å². The number of rotatable bonds is 10. The minimum atomic E-state index is -0.613. The number of ether oxygens (including phenoxy) is 4. The van der Waals surface area contributed by atoms with Gasteiger partial charge < -0.3 is 24.3 Å². The molecule has 3 aromatic carbocycles. The number of hydrogen-bond donors (Lipinski definition) is 2. The van der Waals surface area contributed by atoms with Crippen LogP contribution in [0.2, 0.25) is 5.02 Å². The van der Waals surface area contributed by atoms with Crippen LogP contribution < -0.4 is 20.1 Å². The standard InChI is InChI=1S/C25H25ClN2O6/c1-31-12-13-33-25(30)28-20-8-5-7-19(15-20)27-24(29)17-10-11-22(23(14-17)32-2)34-16-18-6-3-4-9-21(18)26/h3-11,14-15H,12-13,16H2,1-2H3,(H,27,29)(H,28,30). The number of amides is 2. The van der Waals surface area contributed by atoms with Gasteiger partial charge in [0.1, 0.15) is 13.2 Å². The summed E-state index contributed by atoms with van der Waals surface area (Å²) < 4.78 is 21.0. The van der Waals surface area contributed by atoms with Crippen LogP contribution in [0, 0.1) is 0 Å². The monoisotopic (exact) mass is 484 g/mol. The number of carbonyl (C=O) groups is 2. The maximum absolute atomic E-state index is 12.8. The van der Waals surface area contributed by atoms with Gasteiger partial charge in [-0.2, -0.15) is 0 Å². The Kier molecular flexibility index (Phi) is 9.13.